The lowest BCUT2D eigenvalue weighted by Gasteiger charge is -2.33. The van der Waals surface area contributed by atoms with Crippen molar-refractivity contribution in [1.82, 2.24) is 15.5 Å². The van der Waals surface area contributed by atoms with Crippen molar-refractivity contribution >= 4 is 35.6 Å². The number of nitrogens with zero attached hydrogens (tertiary/aromatic N) is 3. The van der Waals surface area contributed by atoms with Gasteiger partial charge in [0, 0.05) is 51.5 Å². The molecule has 2 aliphatic rings. The fraction of sp³-hybridized carbons (Fsp3) is 0.682. The summed E-state index contributed by atoms with van der Waals surface area (Å²) in [6, 6.07) is 10.6. The van der Waals surface area contributed by atoms with Crippen LogP contribution in [0, 0.1) is 5.92 Å². The first-order chi connectivity index (χ1) is 14.1. The molecule has 3 N–H and O–H groups in total. The average Bonchev–Trinajstić information content (AvgIpc) is 3.20. The number of β-amino-alcohol motifs (C(OH)–C–C–N with tert-alkyl or cyclic N) is 1. The van der Waals surface area contributed by atoms with Crippen LogP contribution in [0.4, 0.5) is 5.69 Å². The van der Waals surface area contributed by atoms with E-state index < -0.39 is 5.60 Å². The predicted octanol–water partition coefficient (Wildman–Crippen LogP) is 1.77. The Hall–Kier alpha value is -1.10. The van der Waals surface area contributed by atoms with Crippen molar-refractivity contribution in [3.63, 3.8) is 0 Å². The number of aliphatic imine (C=N–C) groups is 1. The van der Waals surface area contributed by atoms with E-state index in [0.717, 1.165) is 58.4 Å². The molecule has 0 saturated carbocycles. The van der Waals surface area contributed by atoms with Crippen molar-refractivity contribution in [3.05, 3.63) is 30.3 Å². The van der Waals surface area contributed by atoms with E-state index in [-0.39, 0.29) is 24.0 Å². The first-order valence-corrected chi connectivity index (χ1v) is 10.9. The number of morpholine rings is 1. The summed E-state index contributed by atoms with van der Waals surface area (Å²) in [4.78, 5) is 9.36. The first kappa shape index (κ1) is 25.2. The van der Waals surface area contributed by atoms with Gasteiger partial charge in [-0.25, -0.2) is 0 Å². The number of ether oxygens (including phenoxy) is 1. The zero-order valence-electron chi connectivity index (χ0n) is 18.3. The van der Waals surface area contributed by atoms with Crippen molar-refractivity contribution in [2.24, 2.45) is 10.9 Å². The maximum Gasteiger partial charge on any atom is 0.191 e. The second-order valence-electron chi connectivity index (χ2n) is 8.40. The first-order valence-electron chi connectivity index (χ1n) is 10.9. The van der Waals surface area contributed by atoms with E-state index in [1.54, 1.807) is 0 Å². The van der Waals surface area contributed by atoms with Gasteiger partial charge in [0.15, 0.2) is 5.96 Å². The lowest BCUT2D eigenvalue weighted by molar-refractivity contribution is -0.0180. The molecule has 3 rings (SSSR count). The molecule has 8 heteroatoms. The quantitative estimate of drug-likeness (QED) is 0.270. The number of hydrogen-bond acceptors (Lipinski definition) is 5. The number of hydrogen-bond donors (Lipinski definition) is 3. The monoisotopic (exact) mass is 531 g/mol. The Bertz CT molecular complexity index is 638. The van der Waals surface area contributed by atoms with Crippen LogP contribution in [-0.2, 0) is 4.74 Å². The molecule has 0 amide bonds. The van der Waals surface area contributed by atoms with Crippen LogP contribution < -0.4 is 15.5 Å². The molecule has 0 spiro atoms. The molecule has 1 aromatic carbocycles. The number of benzene rings is 1. The molecule has 2 unspecified atom stereocenters. The molecule has 2 aliphatic heterocycles. The highest BCUT2D eigenvalue weighted by molar-refractivity contribution is 14.0. The number of rotatable bonds is 8. The highest BCUT2D eigenvalue weighted by Crippen LogP contribution is 2.22. The fourth-order valence-corrected chi connectivity index (χ4v) is 4.00. The molecule has 30 heavy (non-hydrogen) atoms. The van der Waals surface area contributed by atoms with Crippen LogP contribution in [0.3, 0.4) is 0 Å². The zero-order chi connectivity index (χ0) is 20.5. The second-order valence-corrected chi connectivity index (χ2v) is 8.40. The zero-order valence-corrected chi connectivity index (χ0v) is 20.7. The molecule has 2 saturated heterocycles. The highest BCUT2D eigenvalue weighted by atomic mass is 127. The van der Waals surface area contributed by atoms with Gasteiger partial charge in [-0.1, -0.05) is 18.2 Å². The molecule has 0 bridgehead atoms. The lowest BCUT2D eigenvalue weighted by Crippen LogP contribution is -2.48. The fourth-order valence-electron chi connectivity index (χ4n) is 4.00. The van der Waals surface area contributed by atoms with Gasteiger partial charge in [-0.15, -0.1) is 24.0 Å². The number of nitrogens with one attached hydrogen (secondary N) is 2. The van der Waals surface area contributed by atoms with Crippen molar-refractivity contribution < 1.29 is 9.84 Å². The summed E-state index contributed by atoms with van der Waals surface area (Å²) in [5.74, 6) is 1.38. The van der Waals surface area contributed by atoms with Gasteiger partial charge >= 0.3 is 0 Å². The van der Waals surface area contributed by atoms with Gasteiger partial charge in [-0.3, -0.25) is 9.89 Å². The SMILES string of the molecule is CCNC(=NCC(C)(O)CN1CCOCC1)NCC1CCN(c2ccccc2)C1.I. The van der Waals surface area contributed by atoms with Crippen LogP contribution in [0.25, 0.3) is 0 Å². The Morgan fingerprint density at radius 3 is 2.63 bits per heavy atom. The minimum Gasteiger partial charge on any atom is -0.387 e. The van der Waals surface area contributed by atoms with Crippen molar-refractivity contribution in [2.45, 2.75) is 25.9 Å². The van der Waals surface area contributed by atoms with Gasteiger partial charge in [-0.2, -0.15) is 0 Å². The Morgan fingerprint density at radius 2 is 1.93 bits per heavy atom. The number of para-hydroxylation sites is 1. The molecule has 2 fully saturated rings. The van der Waals surface area contributed by atoms with E-state index in [1.165, 1.54) is 12.1 Å². The molecule has 0 aromatic heterocycles. The van der Waals surface area contributed by atoms with Crippen LogP contribution in [-0.4, -0.2) is 87.1 Å². The minimum absolute atomic E-state index is 0. The Kier molecular flexibility index (Phi) is 10.6. The topological polar surface area (TPSA) is 72.4 Å². The third-order valence-electron chi connectivity index (χ3n) is 5.56. The average molecular weight is 531 g/mol. The Labute approximate surface area is 198 Å². The third-order valence-corrected chi connectivity index (χ3v) is 5.56. The molecule has 2 heterocycles. The van der Waals surface area contributed by atoms with E-state index in [0.29, 0.717) is 19.0 Å². The van der Waals surface area contributed by atoms with E-state index in [4.69, 9.17) is 4.74 Å². The number of anilines is 1. The standard InChI is InChI=1S/C22H37N5O2.HI/c1-3-23-21(25-17-22(2,28)18-26-11-13-29-14-12-26)24-15-19-9-10-27(16-19)20-7-5-4-6-8-20;/h4-8,19,28H,3,9-18H2,1-2H3,(H2,23,24,25);1H. The maximum absolute atomic E-state index is 10.8. The summed E-state index contributed by atoms with van der Waals surface area (Å²) in [5, 5.41) is 17.6. The van der Waals surface area contributed by atoms with Crippen LogP contribution in [0.15, 0.2) is 35.3 Å². The third kappa shape index (κ3) is 8.20. The van der Waals surface area contributed by atoms with Gasteiger partial charge in [0.1, 0.15) is 0 Å². The van der Waals surface area contributed by atoms with E-state index >= 15 is 0 Å². The maximum atomic E-state index is 10.8. The van der Waals surface area contributed by atoms with Crippen LogP contribution in [0.5, 0.6) is 0 Å². The molecular formula is C22H38IN5O2. The van der Waals surface area contributed by atoms with Crippen LogP contribution in [0.2, 0.25) is 0 Å². The number of halogens is 1. The van der Waals surface area contributed by atoms with Gasteiger partial charge in [0.2, 0.25) is 0 Å². The van der Waals surface area contributed by atoms with Crippen LogP contribution in [0.1, 0.15) is 20.3 Å². The van der Waals surface area contributed by atoms with Gasteiger partial charge < -0.3 is 25.4 Å². The Morgan fingerprint density at radius 1 is 1.20 bits per heavy atom. The predicted molar refractivity (Wildman–Crippen MR) is 134 cm³/mol. The summed E-state index contributed by atoms with van der Waals surface area (Å²) in [6.45, 7) is 12.0. The van der Waals surface area contributed by atoms with Crippen molar-refractivity contribution in [2.75, 3.05) is 70.5 Å². The molecular weight excluding hydrogens is 493 g/mol. The summed E-state index contributed by atoms with van der Waals surface area (Å²) in [7, 11) is 0. The highest BCUT2D eigenvalue weighted by Gasteiger charge is 2.26. The van der Waals surface area contributed by atoms with Gasteiger partial charge in [-0.05, 0) is 38.3 Å². The molecule has 2 atom stereocenters. The molecule has 0 aliphatic carbocycles. The number of aliphatic hydroxyl groups is 1. The summed E-state index contributed by atoms with van der Waals surface area (Å²) < 4.78 is 5.39. The van der Waals surface area contributed by atoms with Crippen molar-refractivity contribution in [3.8, 4) is 0 Å². The van der Waals surface area contributed by atoms with Crippen molar-refractivity contribution in [1.29, 1.82) is 0 Å². The Balaban J connectivity index is 0.00000320. The molecule has 7 nitrogen and oxygen atoms in total. The van der Waals surface area contributed by atoms with E-state index in [2.05, 4.69) is 62.7 Å². The molecule has 0 radical (unpaired) electrons. The normalized spacial score (nSPS) is 22.3. The summed E-state index contributed by atoms with van der Waals surface area (Å²) in [5.41, 5.74) is 0.451. The molecule has 170 valence electrons. The van der Waals surface area contributed by atoms with Gasteiger partial charge in [0.05, 0.1) is 25.4 Å². The molecule has 1 aromatic rings. The largest absolute Gasteiger partial charge is 0.387 e. The van der Waals surface area contributed by atoms with E-state index in [9.17, 15) is 5.11 Å². The van der Waals surface area contributed by atoms with E-state index in [1.807, 2.05) is 6.92 Å². The lowest BCUT2D eigenvalue weighted by atomic mass is 10.1. The summed E-state index contributed by atoms with van der Waals surface area (Å²) in [6.07, 6.45) is 1.18. The summed E-state index contributed by atoms with van der Waals surface area (Å²) >= 11 is 0. The second kappa shape index (κ2) is 12.7. The smallest absolute Gasteiger partial charge is 0.191 e. The minimum atomic E-state index is -0.850. The number of guanidine groups is 1. The van der Waals surface area contributed by atoms with Gasteiger partial charge in [0.25, 0.3) is 0 Å². The van der Waals surface area contributed by atoms with Crippen LogP contribution >= 0.6 is 24.0 Å².